The fourth-order valence-corrected chi connectivity index (χ4v) is 3.11. The van der Waals surface area contributed by atoms with Crippen LogP contribution >= 0.6 is 0 Å². The van der Waals surface area contributed by atoms with E-state index in [1.807, 2.05) is 41.0 Å². The highest BCUT2D eigenvalue weighted by molar-refractivity contribution is 5.95. The van der Waals surface area contributed by atoms with E-state index in [1.165, 1.54) is 12.1 Å². The SMILES string of the molecule is CCOC(=O)c1cc2oc(-c3ccc(F)cc3)cc2n1Cc1ccccc1. The average Bonchev–Trinajstić information content (AvgIpc) is 3.23. The second kappa shape index (κ2) is 7.11. The van der Waals surface area contributed by atoms with Crippen LogP contribution in [-0.4, -0.2) is 17.1 Å². The number of fused-ring (bicyclic) bond motifs is 1. The Balaban J connectivity index is 1.80. The van der Waals surface area contributed by atoms with Crippen molar-refractivity contribution in [2.45, 2.75) is 13.5 Å². The van der Waals surface area contributed by atoms with Crippen molar-refractivity contribution in [1.29, 1.82) is 0 Å². The number of hydrogen-bond acceptors (Lipinski definition) is 3. The highest BCUT2D eigenvalue weighted by atomic mass is 19.1. The minimum atomic E-state index is -0.386. The zero-order valence-corrected chi connectivity index (χ0v) is 14.8. The summed E-state index contributed by atoms with van der Waals surface area (Å²) in [6.45, 7) is 2.59. The number of halogens is 1. The second-order valence-corrected chi connectivity index (χ2v) is 6.19. The Hall–Kier alpha value is -3.34. The van der Waals surface area contributed by atoms with Gasteiger partial charge in [0.1, 0.15) is 17.3 Å². The minimum absolute atomic E-state index is 0.298. The lowest BCUT2D eigenvalue weighted by atomic mass is 10.2. The number of nitrogens with zero attached hydrogens (tertiary/aromatic N) is 1. The number of carbonyl (C=O) groups excluding carboxylic acids is 1. The van der Waals surface area contributed by atoms with E-state index < -0.39 is 0 Å². The molecular weight excluding hydrogens is 345 g/mol. The number of carbonyl (C=O) groups is 1. The molecule has 5 heteroatoms. The first-order valence-corrected chi connectivity index (χ1v) is 8.76. The summed E-state index contributed by atoms with van der Waals surface area (Å²) in [4.78, 5) is 12.4. The van der Waals surface area contributed by atoms with Gasteiger partial charge in [-0.1, -0.05) is 30.3 Å². The fourth-order valence-electron chi connectivity index (χ4n) is 3.11. The van der Waals surface area contributed by atoms with Crippen molar-refractivity contribution in [3.8, 4) is 11.3 Å². The van der Waals surface area contributed by atoms with Crippen molar-refractivity contribution in [1.82, 2.24) is 4.57 Å². The van der Waals surface area contributed by atoms with E-state index in [2.05, 4.69) is 0 Å². The van der Waals surface area contributed by atoms with Gasteiger partial charge >= 0.3 is 5.97 Å². The van der Waals surface area contributed by atoms with Crippen LogP contribution in [0.15, 0.2) is 71.1 Å². The quantitative estimate of drug-likeness (QED) is 0.454. The zero-order valence-electron chi connectivity index (χ0n) is 14.8. The molecule has 2 heterocycles. The molecule has 0 aliphatic rings. The van der Waals surface area contributed by atoms with Gasteiger partial charge in [-0.2, -0.15) is 0 Å². The predicted molar refractivity (Wildman–Crippen MR) is 101 cm³/mol. The minimum Gasteiger partial charge on any atom is -0.461 e. The molecule has 0 aliphatic heterocycles. The number of esters is 1. The van der Waals surface area contributed by atoms with E-state index in [0.717, 1.165) is 16.6 Å². The smallest absolute Gasteiger partial charge is 0.355 e. The number of benzene rings is 2. The molecule has 2 aromatic carbocycles. The normalized spacial score (nSPS) is 11.0. The molecule has 4 nitrogen and oxygen atoms in total. The zero-order chi connectivity index (χ0) is 18.8. The van der Waals surface area contributed by atoms with Crippen LogP contribution in [0.25, 0.3) is 22.4 Å². The third-order valence-electron chi connectivity index (χ3n) is 4.39. The number of hydrogen-bond donors (Lipinski definition) is 0. The van der Waals surface area contributed by atoms with Gasteiger partial charge in [0, 0.05) is 24.2 Å². The van der Waals surface area contributed by atoms with Crippen molar-refractivity contribution in [2.75, 3.05) is 6.61 Å². The average molecular weight is 363 g/mol. The number of rotatable bonds is 5. The maximum Gasteiger partial charge on any atom is 0.355 e. The summed E-state index contributed by atoms with van der Waals surface area (Å²) in [7, 11) is 0. The number of aromatic nitrogens is 1. The molecule has 0 amide bonds. The molecule has 0 fully saturated rings. The van der Waals surface area contributed by atoms with Gasteiger partial charge < -0.3 is 13.7 Å². The molecule has 0 aliphatic carbocycles. The Morgan fingerprint density at radius 1 is 1.07 bits per heavy atom. The number of furan rings is 1. The first-order valence-electron chi connectivity index (χ1n) is 8.76. The Morgan fingerprint density at radius 2 is 1.81 bits per heavy atom. The fraction of sp³-hybridized carbons (Fsp3) is 0.136. The van der Waals surface area contributed by atoms with Crippen LogP contribution in [0.5, 0.6) is 0 Å². The highest BCUT2D eigenvalue weighted by Gasteiger charge is 2.20. The summed E-state index contributed by atoms with van der Waals surface area (Å²) in [6, 6.07) is 19.6. The van der Waals surface area contributed by atoms with Gasteiger partial charge in [-0.15, -0.1) is 0 Å². The molecule has 136 valence electrons. The summed E-state index contributed by atoms with van der Waals surface area (Å²) in [6.07, 6.45) is 0. The summed E-state index contributed by atoms with van der Waals surface area (Å²) in [5.41, 5.74) is 3.66. The Bertz CT molecular complexity index is 1080. The van der Waals surface area contributed by atoms with Crippen molar-refractivity contribution in [3.05, 3.63) is 83.8 Å². The van der Waals surface area contributed by atoms with Gasteiger partial charge in [-0.25, -0.2) is 9.18 Å². The van der Waals surface area contributed by atoms with Crippen molar-refractivity contribution in [3.63, 3.8) is 0 Å². The van der Waals surface area contributed by atoms with Gasteiger partial charge in [0.2, 0.25) is 0 Å². The number of ether oxygens (including phenoxy) is 1. The van der Waals surface area contributed by atoms with Crippen LogP contribution in [0.4, 0.5) is 4.39 Å². The maximum absolute atomic E-state index is 13.2. The molecule has 4 rings (SSSR count). The standard InChI is InChI=1S/C22H18FNO3/c1-2-26-22(25)19-13-21-18(24(19)14-15-6-4-3-5-7-15)12-20(27-21)16-8-10-17(23)11-9-16/h3-13H,2,14H2,1H3. The van der Waals surface area contributed by atoms with Crippen LogP contribution in [0.3, 0.4) is 0 Å². The molecule has 0 spiro atoms. The third-order valence-corrected chi connectivity index (χ3v) is 4.39. The molecule has 0 atom stereocenters. The summed E-state index contributed by atoms with van der Waals surface area (Å²) < 4.78 is 26.2. The lowest BCUT2D eigenvalue weighted by Gasteiger charge is -2.09. The van der Waals surface area contributed by atoms with E-state index in [0.29, 0.717) is 30.2 Å². The lowest BCUT2D eigenvalue weighted by molar-refractivity contribution is 0.0515. The highest BCUT2D eigenvalue weighted by Crippen LogP contribution is 2.31. The van der Waals surface area contributed by atoms with E-state index >= 15 is 0 Å². The van der Waals surface area contributed by atoms with Crippen LogP contribution in [-0.2, 0) is 11.3 Å². The molecule has 4 aromatic rings. The van der Waals surface area contributed by atoms with E-state index in [4.69, 9.17) is 9.15 Å². The van der Waals surface area contributed by atoms with Gasteiger partial charge in [-0.3, -0.25) is 0 Å². The van der Waals surface area contributed by atoms with Crippen LogP contribution < -0.4 is 0 Å². The molecule has 0 N–H and O–H groups in total. The molecule has 2 aromatic heterocycles. The third kappa shape index (κ3) is 3.36. The first-order chi connectivity index (χ1) is 13.2. The topological polar surface area (TPSA) is 44.4 Å². The monoisotopic (exact) mass is 363 g/mol. The van der Waals surface area contributed by atoms with E-state index in [-0.39, 0.29) is 11.8 Å². The van der Waals surface area contributed by atoms with Gasteiger partial charge in [0.05, 0.1) is 12.1 Å². The molecule has 0 unspecified atom stereocenters. The van der Waals surface area contributed by atoms with Crippen molar-refractivity contribution >= 4 is 17.1 Å². The summed E-state index contributed by atoms with van der Waals surface area (Å²) in [5.74, 6) is -0.0616. The molecule has 0 bridgehead atoms. The molecule has 0 saturated heterocycles. The molecule has 27 heavy (non-hydrogen) atoms. The molecular formula is C22H18FNO3. The van der Waals surface area contributed by atoms with Gasteiger partial charge in [0.15, 0.2) is 5.58 Å². The Kier molecular flexibility index (Phi) is 4.50. The second-order valence-electron chi connectivity index (χ2n) is 6.19. The van der Waals surface area contributed by atoms with Crippen LogP contribution in [0.1, 0.15) is 23.0 Å². The largest absolute Gasteiger partial charge is 0.461 e. The maximum atomic E-state index is 13.2. The Labute approximate surface area is 155 Å². The predicted octanol–water partition coefficient (Wildman–Crippen LogP) is 5.27. The van der Waals surface area contributed by atoms with Crippen molar-refractivity contribution < 1.29 is 18.3 Å². The first kappa shape index (κ1) is 17.1. The summed E-state index contributed by atoms with van der Waals surface area (Å²) >= 11 is 0. The lowest BCUT2D eigenvalue weighted by Crippen LogP contribution is -2.12. The summed E-state index contributed by atoms with van der Waals surface area (Å²) in [5, 5.41) is 0. The molecule has 0 saturated carbocycles. The van der Waals surface area contributed by atoms with Crippen LogP contribution in [0, 0.1) is 5.82 Å². The Morgan fingerprint density at radius 3 is 2.52 bits per heavy atom. The van der Waals surface area contributed by atoms with Crippen LogP contribution in [0.2, 0.25) is 0 Å². The van der Waals surface area contributed by atoms with Gasteiger partial charge in [-0.05, 0) is 36.8 Å². The molecule has 0 radical (unpaired) electrons. The van der Waals surface area contributed by atoms with E-state index in [1.54, 1.807) is 25.1 Å². The van der Waals surface area contributed by atoms with Crippen molar-refractivity contribution in [2.24, 2.45) is 0 Å². The van der Waals surface area contributed by atoms with E-state index in [9.17, 15) is 9.18 Å². The van der Waals surface area contributed by atoms with Gasteiger partial charge in [0.25, 0.3) is 0 Å².